The van der Waals surface area contributed by atoms with Gasteiger partial charge in [0.2, 0.25) is 0 Å². The van der Waals surface area contributed by atoms with E-state index in [4.69, 9.17) is 4.74 Å². The molecule has 1 unspecified atom stereocenters. The Labute approximate surface area is 384 Å². The molecule has 0 aromatic heterocycles. The quantitative estimate of drug-likeness (QED) is 0.144. The Hall–Kier alpha value is -7.42. The zero-order chi connectivity index (χ0) is 44.3. The number of rotatable bonds is 9. The minimum atomic E-state index is -0.610. The maximum Gasteiger partial charge on any atom is 0.119 e. The molecular weight excluding hydrogens is 787 g/mol. The van der Waals surface area contributed by atoms with Crippen molar-refractivity contribution >= 4 is 17.1 Å². The van der Waals surface area contributed by atoms with Crippen LogP contribution in [0.2, 0.25) is 0 Å². The molecule has 0 saturated heterocycles. The van der Waals surface area contributed by atoms with Gasteiger partial charge in [-0.3, -0.25) is 0 Å². The van der Waals surface area contributed by atoms with E-state index in [-0.39, 0.29) is 10.8 Å². The lowest BCUT2D eigenvalue weighted by Gasteiger charge is -2.35. The van der Waals surface area contributed by atoms with Crippen LogP contribution in [-0.2, 0) is 22.9 Å². The maximum atomic E-state index is 6.39. The van der Waals surface area contributed by atoms with Crippen molar-refractivity contribution in [1.82, 2.24) is 0 Å². The molecule has 9 aromatic rings. The van der Waals surface area contributed by atoms with Crippen molar-refractivity contribution in [3.8, 4) is 39.1 Å². The first-order valence-corrected chi connectivity index (χ1v) is 22.9. The van der Waals surface area contributed by atoms with Crippen LogP contribution in [0.25, 0.3) is 33.4 Å². The predicted octanol–water partition coefficient (Wildman–Crippen LogP) is 16.4. The maximum absolute atomic E-state index is 6.39. The molecule has 0 radical (unpaired) electrons. The topological polar surface area (TPSA) is 12.5 Å². The molecule has 1 atom stereocenters. The van der Waals surface area contributed by atoms with Crippen molar-refractivity contribution < 1.29 is 4.74 Å². The van der Waals surface area contributed by atoms with Gasteiger partial charge in [0.05, 0.1) is 5.41 Å². The van der Waals surface area contributed by atoms with Gasteiger partial charge in [0.1, 0.15) is 12.4 Å². The second-order valence-electron chi connectivity index (χ2n) is 19.3. The van der Waals surface area contributed by atoms with Gasteiger partial charge in [0.15, 0.2) is 0 Å². The molecule has 0 N–H and O–H groups in total. The lowest BCUT2D eigenvalue weighted by Crippen LogP contribution is -2.29. The van der Waals surface area contributed by atoms with Crippen molar-refractivity contribution in [2.45, 2.75) is 57.5 Å². The first kappa shape index (κ1) is 40.4. The lowest BCUT2D eigenvalue weighted by molar-refractivity contribution is 0.306. The molecule has 2 aliphatic carbocycles. The van der Waals surface area contributed by atoms with Gasteiger partial charge in [-0.25, -0.2) is 0 Å². The van der Waals surface area contributed by atoms with Crippen molar-refractivity contribution in [1.29, 1.82) is 0 Å². The first-order valence-electron chi connectivity index (χ1n) is 22.9. The molecule has 0 fully saturated rings. The second kappa shape index (κ2) is 15.7. The summed E-state index contributed by atoms with van der Waals surface area (Å²) in [6.07, 6.45) is 0. The number of anilines is 3. The number of hydrogen-bond acceptors (Lipinski definition) is 2. The van der Waals surface area contributed by atoms with Crippen LogP contribution in [0.5, 0.6) is 5.75 Å². The Morgan fingerprint density at radius 2 is 0.892 bits per heavy atom. The minimum absolute atomic E-state index is 0.0183. The molecule has 0 heterocycles. The third-order valence-electron chi connectivity index (χ3n) is 14.1. The van der Waals surface area contributed by atoms with Crippen LogP contribution in [0.3, 0.4) is 0 Å². The summed E-state index contributed by atoms with van der Waals surface area (Å²) < 4.78 is 6.39. The van der Waals surface area contributed by atoms with E-state index in [0.29, 0.717) is 6.61 Å². The molecule has 0 bridgehead atoms. The molecule has 9 aromatic carbocycles. The lowest BCUT2D eigenvalue weighted by atomic mass is 9.67. The summed E-state index contributed by atoms with van der Waals surface area (Å²) in [5, 5.41) is 0. The fourth-order valence-corrected chi connectivity index (χ4v) is 10.7. The van der Waals surface area contributed by atoms with E-state index in [1.54, 1.807) is 0 Å². The number of hydrogen-bond donors (Lipinski definition) is 0. The Morgan fingerprint density at radius 3 is 1.52 bits per heavy atom. The van der Waals surface area contributed by atoms with E-state index in [1.165, 1.54) is 72.3 Å². The Bertz CT molecular complexity index is 3180. The van der Waals surface area contributed by atoms with Crippen LogP contribution in [-0.4, -0.2) is 0 Å². The van der Waals surface area contributed by atoms with Crippen molar-refractivity contribution in [3.05, 3.63) is 263 Å². The number of ether oxygens (including phenoxy) is 1. The zero-order valence-electron chi connectivity index (χ0n) is 37.8. The van der Waals surface area contributed by atoms with E-state index in [9.17, 15) is 0 Å². The van der Waals surface area contributed by atoms with E-state index in [1.807, 2.05) is 6.07 Å². The standard InChI is InChI=1S/C63H53NO/c1-61(2,3)46-26-28-47(29-27-46)63(48-30-36-52(37-31-48)65-42-43-16-8-6-9-17-43)58-23-15-13-21-54(58)56-39-35-51(41-60(56)63)64(49-32-24-45(25-33-49)44-18-10-7-11-19-44)50-34-38-55-53-20-12-14-22-57(53)62(4,5)59(55)40-50/h6-41H,42H2,1-5H3. The molecule has 2 nitrogen and oxygen atoms in total. The highest BCUT2D eigenvalue weighted by Gasteiger charge is 2.47. The van der Waals surface area contributed by atoms with Crippen molar-refractivity contribution in [2.24, 2.45) is 0 Å². The van der Waals surface area contributed by atoms with Gasteiger partial charge in [-0.1, -0.05) is 204 Å². The van der Waals surface area contributed by atoms with Crippen LogP contribution in [0.15, 0.2) is 218 Å². The van der Waals surface area contributed by atoms with Gasteiger partial charge in [0, 0.05) is 22.5 Å². The molecular formula is C63H53NO. The smallest absolute Gasteiger partial charge is 0.119 e. The molecule has 316 valence electrons. The monoisotopic (exact) mass is 839 g/mol. The van der Waals surface area contributed by atoms with Gasteiger partial charge in [-0.15, -0.1) is 0 Å². The van der Waals surface area contributed by atoms with Crippen molar-refractivity contribution in [2.75, 3.05) is 4.90 Å². The molecule has 0 saturated carbocycles. The van der Waals surface area contributed by atoms with Crippen LogP contribution in [0.4, 0.5) is 17.1 Å². The summed E-state index contributed by atoms with van der Waals surface area (Å²) in [6.45, 7) is 12.1. The van der Waals surface area contributed by atoms with Gasteiger partial charge in [-0.2, -0.15) is 0 Å². The second-order valence-corrected chi connectivity index (χ2v) is 19.3. The molecule has 0 spiro atoms. The largest absolute Gasteiger partial charge is 0.489 e. The fourth-order valence-electron chi connectivity index (χ4n) is 10.7. The Kier molecular flexibility index (Phi) is 9.74. The first-order chi connectivity index (χ1) is 31.6. The summed E-state index contributed by atoms with van der Waals surface area (Å²) in [5.41, 5.74) is 20.3. The molecule has 65 heavy (non-hydrogen) atoms. The number of benzene rings is 9. The third-order valence-corrected chi connectivity index (χ3v) is 14.1. The van der Waals surface area contributed by atoms with Gasteiger partial charge in [-0.05, 0) is 132 Å². The summed E-state index contributed by atoms with van der Waals surface area (Å²) >= 11 is 0. The third kappa shape index (κ3) is 6.79. The zero-order valence-corrected chi connectivity index (χ0v) is 37.8. The average Bonchev–Trinajstić information content (AvgIpc) is 3.76. The predicted molar refractivity (Wildman–Crippen MR) is 271 cm³/mol. The highest BCUT2D eigenvalue weighted by molar-refractivity contribution is 5.91. The van der Waals surface area contributed by atoms with Gasteiger partial charge < -0.3 is 9.64 Å². The molecule has 0 aliphatic heterocycles. The Morgan fingerprint density at radius 1 is 0.415 bits per heavy atom. The summed E-state index contributed by atoms with van der Waals surface area (Å²) in [5.74, 6) is 0.850. The van der Waals surface area contributed by atoms with Crippen LogP contribution in [0, 0.1) is 0 Å². The average molecular weight is 840 g/mol. The van der Waals surface area contributed by atoms with Crippen molar-refractivity contribution in [3.63, 3.8) is 0 Å². The van der Waals surface area contributed by atoms with E-state index < -0.39 is 5.41 Å². The highest BCUT2D eigenvalue weighted by Crippen LogP contribution is 2.58. The van der Waals surface area contributed by atoms with E-state index in [0.717, 1.165) is 28.4 Å². The van der Waals surface area contributed by atoms with Gasteiger partial charge in [0.25, 0.3) is 0 Å². The summed E-state index contributed by atoms with van der Waals surface area (Å²) in [4.78, 5) is 2.46. The van der Waals surface area contributed by atoms with Crippen LogP contribution in [0.1, 0.15) is 79.1 Å². The SMILES string of the molecule is CC(C)(C)c1ccc(C2(c3ccc(OCc4ccccc4)cc3)c3ccccc3-c3ccc(N(c4ccc(-c5ccccc5)cc4)c4ccc5c(c4)C(C)(C)c4ccccc4-5)cc32)cc1. The summed E-state index contributed by atoms with van der Waals surface area (Å²) in [7, 11) is 0. The van der Waals surface area contributed by atoms with Gasteiger partial charge >= 0.3 is 0 Å². The highest BCUT2D eigenvalue weighted by atomic mass is 16.5. The molecule has 0 amide bonds. The minimum Gasteiger partial charge on any atom is -0.489 e. The van der Waals surface area contributed by atoms with Crippen LogP contribution < -0.4 is 9.64 Å². The number of nitrogens with zero attached hydrogens (tertiary/aromatic N) is 1. The Balaban J connectivity index is 1.11. The van der Waals surface area contributed by atoms with E-state index in [2.05, 4.69) is 252 Å². The number of fused-ring (bicyclic) bond motifs is 6. The molecule has 2 heteroatoms. The van der Waals surface area contributed by atoms with E-state index >= 15 is 0 Å². The van der Waals surface area contributed by atoms with Crippen LogP contribution >= 0.6 is 0 Å². The fraction of sp³-hybridized carbons (Fsp3) is 0.143. The molecule has 11 rings (SSSR count). The molecule has 2 aliphatic rings. The normalized spacial score (nSPS) is 15.4. The summed E-state index contributed by atoms with van der Waals surface area (Å²) in [6, 6.07) is 80.6.